The number of hydrogen-bond donors (Lipinski definition) is 1. The average Bonchev–Trinajstić information content (AvgIpc) is 2.03. The van der Waals surface area contributed by atoms with Gasteiger partial charge >= 0.3 is 0 Å². The molecule has 0 rings (SSSR count). The molecule has 0 saturated heterocycles. The van der Waals surface area contributed by atoms with Crippen molar-refractivity contribution in [2.45, 2.75) is 46.1 Å². The second-order valence-corrected chi connectivity index (χ2v) is 2.80. The standard InChI is InChI=1S/C9H19NO.Tm/c1-5-9(11,6-2)8(4)10-7-3;/h11H,5-7H2,1-4H3;. The Labute approximate surface area is 105 Å². The summed E-state index contributed by atoms with van der Waals surface area (Å²) in [5.41, 5.74) is 0.209. The third-order valence-electron chi connectivity index (χ3n) is 2.24. The van der Waals surface area contributed by atoms with E-state index < -0.39 is 5.60 Å². The van der Waals surface area contributed by atoms with E-state index in [-0.39, 0.29) is 36.9 Å². The fourth-order valence-corrected chi connectivity index (χ4v) is 1.15. The normalized spacial score (nSPS) is 12.6. The second kappa shape index (κ2) is 7.28. The third kappa shape index (κ3) is 4.20. The molecule has 0 amide bonds. The van der Waals surface area contributed by atoms with Crippen LogP contribution in [-0.2, 0) is 0 Å². The molecule has 0 aromatic heterocycles. The molecule has 0 aliphatic rings. The molecule has 0 fully saturated rings. The quantitative estimate of drug-likeness (QED) is 0.788. The van der Waals surface area contributed by atoms with Gasteiger partial charge in [-0.3, -0.25) is 4.99 Å². The molecule has 0 heterocycles. The van der Waals surface area contributed by atoms with Crippen LogP contribution in [0.5, 0.6) is 0 Å². The third-order valence-corrected chi connectivity index (χ3v) is 2.24. The van der Waals surface area contributed by atoms with Gasteiger partial charge in [0.05, 0.1) is 0 Å². The maximum atomic E-state index is 9.90. The summed E-state index contributed by atoms with van der Waals surface area (Å²) in [6.45, 7) is 8.61. The predicted molar refractivity (Wildman–Crippen MR) is 49.2 cm³/mol. The molecule has 0 aromatic rings. The number of hydrogen-bond acceptors (Lipinski definition) is 2. The van der Waals surface area contributed by atoms with E-state index in [0.29, 0.717) is 0 Å². The van der Waals surface area contributed by atoms with Crippen LogP contribution < -0.4 is 0 Å². The molecule has 2 nitrogen and oxygen atoms in total. The van der Waals surface area contributed by atoms with Crippen LogP contribution in [0.3, 0.4) is 0 Å². The van der Waals surface area contributed by atoms with Crippen LogP contribution in [0.15, 0.2) is 4.99 Å². The van der Waals surface area contributed by atoms with E-state index >= 15 is 0 Å². The van der Waals surface area contributed by atoms with E-state index in [1.165, 1.54) is 0 Å². The number of nitrogens with zero attached hydrogens (tertiary/aromatic N) is 1. The Morgan fingerprint density at radius 3 is 1.92 bits per heavy atom. The van der Waals surface area contributed by atoms with Gasteiger partial charge in [0.2, 0.25) is 0 Å². The smallest absolute Gasteiger partial charge is 0.101 e. The SMILES string of the molecule is CCN=C(C)C(O)(CC)CC.[Tm]. The minimum absolute atomic E-state index is 0. The van der Waals surface area contributed by atoms with Crippen molar-refractivity contribution < 1.29 is 42.0 Å². The predicted octanol–water partition coefficient (Wildman–Crippen LogP) is 2.02. The fraction of sp³-hybridized carbons (Fsp3) is 0.889. The molecular weight excluding hydrogens is 307 g/mol. The summed E-state index contributed by atoms with van der Waals surface area (Å²) < 4.78 is 0. The molecule has 0 aromatic carbocycles. The Morgan fingerprint density at radius 1 is 1.25 bits per heavy atom. The van der Waals surface area contributed by atoms with Crippen molar-refractivity contribution in [3.05, 3.63) is 0 Å². The molecule has 0 aliphatic carbocycles. The summed E-state index contributed by atoms with van der Waals surface area (Å²) in [4.78, 5) is 4.20. The molecule has 0 bridgehead atoms. The summed E-state index contributed by atoms with van der Waals surface area (Å²) in [6, 6.07) is 0. The molecule has 79 valence electrons. The minimum atomic E-state index is -0.657. The maximum absolute atomic E-state index is 9.90. The van der Waals surface area contributed by atoms with Gasteiger partial charge in [0.1, 0.15) is 5.60 Å². The summed E-state index contributed by atoms with van der Waals surface area (Å²) in [5, 5.41) is 9.90. The Bertz CT molecular complexity index is 141. The van der Waals surface area contributed by atoms with Crippen LogP contribution in [0.25, 0.3) is 0 Å². The van der Waals surface area contributed by atoms with E-state index in [2.05, 4.69) is 4.99 Å². The summed E-state index contributed by atoms with van der Waals surface area (Å²) in [6.07, 6.45) is 1.50. The summed E-state index contributed by atoms with van der Waals surface area (Å²) >= 11 is 0. The molecule has 12 heavy (non-hydrogen) atoms. The molecular formula is C9H19NOTm. The topological polar surface area (TPSA) is 32.6 Å². The molecule has 0 aliphatic heterocycles. The maximum Gasteiger partial charge on any atom is 0.101 e. The van der Waals surface area contributed by atoms with E-state index in [9.17, 15) is 5.11 Å². The van der Waals surface area contributed by atoms with Crippen LogP contribution in [-0.4, -0.2) is 23.0 Å². The molecule has 0 saturated carbocycles. The van der Waals surface area contributed by atoms with Gasteiger partial charge in [0, 0.05) is 49.1 Å². The van der Waals surface area contributed by atoms with Gasteiger partial charge in [-0.2, -0.15) is 0 Å². The van der Waals surface area contributed by atoms with Crippen LogP contribution in [0.4, 0.5) is 0 Å². The fourth-order valence-electron chi connectivity index (χ4n) is 1.15. The van der Waals surface area contributed by atoms with E-state index in [1.54, 1.807) is 0 Å². The van der Waals surface area contributed by atoms with Crippen molar-refractivity contribution in [2.75, 3.05) is 6.54 Å². The minimum Gasteiger partial charge on any atom is -0.384 e. The van der Waals surface area contributed by atoms with Crippen molar-refractivity contribution in [2.24, 2.45) is 4.99 Å². The van der Waals surface area contributed by atoms with Gasteiger partial charge in [0.25, 0.3) is 0 Å². The van der Waals surface area contributed by atoms with Crippen LogP contribution in [0.2, 0.25) is 0 Å². The van der Waals surface area contributed by atoms with E-state index in [4.69, 9.17) is 0 Å². The summed E-state index contributed by atoms with van der Waals surface area (Å²) in [7, 11) is 0. The Morgan fingerprint density at radius 2 is 1.67 bits per heavy atom. The summed E-state index contributed by atoms with van der Waals surface area (Å²) in [5.74, 6) is 0. The largest absolute Gasteiger partial charge is 0.384 e. The molecule has 3 heteroatoms. The molecule has 0 unspecified atom stereocenters. The van der Waals surface area contributed by atoms with Crippen molar-refractivity contribution in [3.63, 3.8) is 0 Å². The molecule has 1 N–H and O–H groups in total. The Hall–Kier alpha value is 0.864. The van der Waals surface area contributed by atoms with Gasteiger partial charge in [0.15, 0.2) is 0 Å². The zero-order valence-electron chi connectivity index (χ0n) is 8.29. The van der Waals surface area contributed by atoms with Gasteiger partial charge in [-0.05, 0) is 26.7 Å². The van der Waals surface area contributed by atoms with Crippen LogP contribution in [0.1, 0.15) is 40.5 Å². The number of aliphatic imine (C=N–C) groups is 1. The van der Waals surface area contributed by atoms with Crippen LogP contribution in [0, 0.1) is 36.9 Å². The van der Waals surface area contributed by atoms with Gasteiger partial charge in [-0.25, -0.2) is 0 Å². The van der Waals surface area contributed by atoms with Crippen LogP contribution >= 0.6 is 0 Å². The molecule has 1 radical (unpaired) electrons. The van der Waals surface area contributed by atoms with Crippen molar-refractivity contribution in [3.8, 4) is 0 Å². The van der Waals surface area contributed by atoms with E-state index in [1.807, 2.05) is 27.7 Å². The zero-order chi connectivity index (χ0) is 8.91. The first kappa shape index (κ1) is 15.3. The van der Waals surface area contributed by atoms with Gasteiger partial charge in [-0.1, -0.05) is 13.8 Å². The van der Waals surface area contributed by atoms with E-state index in [0.717, 1.165) is 25.1 Å². The number of aliphatic hydroxyl groups is 1. The Kier molecular flexibility index (Phi) is 9.31. The molecule has 0 spiro atoms. The van der Waals surface area contributed by atoms with Gasteiger partial charge < -0.3 is 5.11 Å². The Balaban J connectivity index is 0. The second-order valence-electron chi connectivity index (χ2n) is 2.80. The first-order valence-electron chi connectivity index (χ1n) is 4.34. The zero-order valence-corrected chi connectivity index (χ0v) is 10.1. The van der Waals surface area contributed by atoms with Crippen molar-refractivity contribution >= 4 is 5.71 Å². The molecule has 0 atom stereocenters. The first-order valence-corrected chi connectivity index (χ1v) is 4.34. The monoisotopic (exact) mass is 326 g/mol. The average molecular weight is 326 g/mol. The van der Waals surface area contributed by atoms with Crippen molar-refractivity contribution in [1.29, 1.82) is 0 Å². The van der Waals surface area contributed by atoms with Crippen molar-refractivity contribution in [1.82, 2.24) is 0 Å². The number of rotatable bonds is 4. The van der Waals surface area contributed by atoms with Gasteiger partial charge in [-0.15, -0.1) is 0 Å². The first-order chi connectivity index (χ1) is 5.10.